The summed E-state index contributed by atoms with van der Waals surface area (Å²) in [5, 5.41) is 4.57. The van der Waals surface area contributed by atoms with Gasteiger partial charge in [-0.15, -0.1) is 11.3 Å². The van der Waals surface area contributed by atoms with Crippen molar-refractivity contribution in [2.75, 3.05) is 18.2 Å². The number of nitrogens with one attached hydrogen (secondary N) is 1. The molecule has 1 heterocycles. The summed E-state index contributed by atoms with van der Waals surface area (Å²) in [4.78, 5) is 12.6. The molecule has 2 rings (SSSR count). The van der Waals surface area contributed by atoms with Crippen LogP contribution in [0.25, 0.3) is 0 Å². The summed E-state index contributed by atoms with van der Waals surface area (Å²) in [7, 11) is 1.57. The van der Waals surface area contributed by atoms with E-state index < -0.39 is 0 Å². The topological polar surface area (TPSA) is 64.3 Å². The van der Waals surface area contributed by atoms with Crippen LogP contribution in [-0.4, -0.2) is 13.0 Å². The van der Waals surface area contributed by atoms with Crippen LogP contribution in [0.15, 0.2) is 34.1 Å². The maximum Gasteiger partial charge on any atom is 0.265 e. The Morgan fingerprint density at radius 1 is 1.44 bits per heavy atom. The first kappa shape index (κ1) is 12.9. The van der Waals surface area contributed by atoms with E-state index in [4.69, 9.17) is 10.5 Å². The molecule has 0 fully saturated rings. The second-order valence-corrected chi connectivity index (χ2v) is 5.31. The maximum absolute atomic E-state index is 12.0. The number of methoxy groups -OCH3 is 1. The number of amides is 1. The van der Waals surface area contributed by atoms with E-state index in [2.05, 4.69) is 21.2 Å². The Labute approximate surface area is 117 Å². The van der Waals surface area contributed by atoms with Gasteiger partial charge in [-0.1, -0.05) is 0 Å². The molecule has 0 atom stereocenters. The molecule has 1 amide bonds. The number of hydrogen-bond acceptors (Lipinski definition) is 4. The van der Waals surface area contributed by atoms with Crippen molar-refractivity contribution in [3.63, 3.8) is 0 Å². The van der Waals surface area contributed by atoms with E-state index in [1.54, 1.807) is 36.8 Å². The Bertz CT molecular complexity index is 583. The fourth-order valence-corrected chi connectivity index (χ4v) is 2.46. The number of carbonyl (C=O) groups is 1. The number of benzene rings is 1. The molecule has 0 bridgehead atoms. The van der Waals surface area contributed by atoms with Crippen LogP contribution in [0.3, 0.4) is 0 Å². The van der Waals surface area contributed by atoms with E-state index in [0.717, 1.165) is 4.47 Å². The highest BCUT2D eigenvalue weighted by Gasteiger charge is 2.11. The highest BCUT2D eigenvalue weighted by molar-refractivity contribution is 9.10. The van der Waals surface area contributed by atoms with Gasteiger partial charge in [-0.25, -0.2) is 0 Å². The Hall–Kier alpha value is -1.53. The number of nitrogen functional groups attached to an aromatic ring is 1. The second-order valence-electron chi connectivity index (χ2n) is 3.54. The zero-order valence-corrected chi connectivity index (χ0v) is 12.0. The van der Waals surface area contributed by atoms with E-state index in [1.165, 1.54) is 11.3 Å². The van der Waals surface area contributed by atoms with Gasteiger partial charge >= 0.3 is 0 Å². The van der Waals surface area contributed by atoms with Crippen LogP contribution >= 0.6 is 27.3 Å². The predicted octanol–water partition coefficient (Wildman–Crippen LogP) is 3.35. The molecule has 18 heavy (non-hydrogen) atoms. The van der Waals surface area contributed by atoms with Crippen molar-refractivity contribution in [3.05, 3.63) is 39.0 Å². The van der Waals surface area contributed by atoms with E-state index in [-0.39, 0.29) is 5.91 Å². The normalized spacial score (nSPS) is 10.1. The number of nitrogens with two attached hydrogens (primary N) is 1. The van der Waals surface area contributed by atoms with E-state index in [9.17, 15) is 4.79 Å². The molecular weight excluding hydrogens is 316 g/mol. The monoisotopic (exact) mass is 326 g/mol. The van der Waals surface area contributed by atoms with Crippen molar-refractivity contribution < 1.29 is 9.53 Å². The molecule has 0 saturated carbocycles. The molecule has 0 saturated heterocycles. The average Bonchev–Trinajstić information content (AvgIpc) is 2.82. The molecule has 0 aliphatic rings. The Morgan fingerprint density at radius 2 is 2.22 bits per heavy atom. The molecule has 0 radical (unpaired) electrons. The zero-order valence-electron chi connectivity index (χ0n) is 9.57. The SMILES string of the molecule is COc1csc(C(=O)Nc2cc(N)ccc2Br)c1. The van der Waals surface area contributed by atoms with Gasteiger partial charge in [0.25, 0.3) is 5.91 Å². The summed E-state index contributed by atoms with van der Waals surface area (Å²) in [6.07, 6.45) is 0. The Balaban J connectivity index is 2.18. The van der Waals surface area contributed by atoms with Crippen molar-refractivity contribution in [2.45, 2.75) is 0 Å². The van der Waals surface area contributed by atoms with Gasteiger partial charge in [-0.05, 0) is 34.1 Å². The van der Waals surface area contributed by atoms with Crippen molar-refractivity contribution in [1.82, 2.24) is 0 Å². The van der Waals surface area contributed by atoms with Crippen molar-refractivity contribution in [3.8, 4) is 5.75 Å². The summed E-state index contributed by atoms with van der Waals surface area (Å²) in [5.41, 5.74) is 6.92. The first-order chi connectivity index (χ1) is 8.60. The van der Waals surface area contributed by atoms with Crippen molar-refractivity contribution in [2.24, 2.45) is 0 Å². The molecule has 6 heteroatoms. The van der Waals surface area contributed by atoms with Gasteiger partial charge in [-0.2, -0.15) is 0 Å². The number of carbonyl (C=O) groups excluding carboxylic acids is 1. The minimum atomic E-state index is -0.186. The summed E-state index contributed by atoms with van der Waals surface area (Å²) in [6.45, 7) is 0. The van der Waals surface area contributed by atoms with Gasteiger partial charge in [0.1, 0.15) is 5.75 Å². The van der Waals surface area contributed by atoms with Gasteiger partial charge in [0.2, 0.25) is 0 Å². The largest absolute Gasteiger partial charge is 0.496 e. The van der Waals surface area contributed by atoms with E-state index in [0.29, 0.717) is 22.0 Å². The van der Waals surface area contributed by atoms with Gasteiger partial charge in [0.05, 0.1) is 17.7 Å². The molecular formula is C12H11BrN2O2S. The standard InChI is InChI=1S/C12H11BrN2O2S/c1-17-8-5-11(18-6-8)12(16)15-10-4-7(14)2-3-9(10)13/h2-6H,14H2,1H3,(H,15,16). The molecule has 0 aliphatic carbocycles. The predicted molar refractivity (Wildman–Crippen MR) is 77.4 cm³/mol. The van der Waals surface area contributed by atoms with Gasteiger partial charge in [0, 0.05) is 21.6 Å². The quantitative estimate of drug-likeness (QED) is 0.850. The fourth-order valence-electron chi connectivity index (χ4n) is 1.37. The second kappa shape index (κ2) is 5.41. The molecule has 1 aromatic carbocycles. The fraction of sp³-hybridized carbons (Fsp3) is 0.0833. The third-order valence-corrected chi connectivity index (χ3v) is 3.87. The summed E-state index contributed by atoms with van der Waals surface area (Å²) in [6, 6.07) is 6.95. The third kappa shape index (κ3) is 2.83. The minimum Gasteiger partial charge on any atom is -0.496 e. The lowest BCUT2D eigenvalue weighted by Gasteiger charge is -2.06. The average molecular weight is 327 g/mol. The maximum atomic E-state index is 12.0. The molecule has 4 nitrogen and oxygen atoms in total. The Morgan fingerprint density at radius 3 is 2.89 bits per heavy atom. The number of thiophene rings is 1. The van der Waals surface area contributed by atoms with Gasteiger partial charge in [0.15, 0.2) is 0 Å². The minimum absolute atomic E-state index is 0.186. The molecule has 1 aromatic heterocycles. The first-order valence-corrected chi connectivity index (χ1v) is 6.76. The summed E-state index contributed by atoms with van der Waals surface area (Å²) >= 11 is 4.69. The lowest BCUT2D eigenvalue weighted by atomic mass is 10.3. The van der Waals surface area contributed by atoms with Crippen LogP contribution in [0.1, 0.15) is 9.67 Å². The number of rotatable bonds is 3. The first-order valence-electron chi connectivity index (χ1n) is 5.09. The van der Waals surface area contributed by atoms with Gasteiger partial charge in [-0.3, -0.25) is 4.79 Å². The smallest absolute Gasteiger partial charge is 0.265 e. The zero-order chi connectivity index (χ0) is 13.1. The van der Waals surface area contributed by atoms with E-state index in [1.807, 2.05) is 0 Å². The Kier molecular flexibility index (Phi) is 3.88. The highest BCUT2D eigenvalue weighted by atomic mass is 79.9. The van der Waals surface area contributed by atoms with Crippen LogP contribution in [0, 0.1) is 0 Å². The molecule has 94 valence electrons. The number of anilines is 2. The van der Waals surface area contributed by atoms with E-state index >= 15 is 0 Å². The lowest BCUT2D eigenvalue weighted by molar-refractivity contribution is 0.103. The summed E-state index contributed by atoms with van der Waals surface area (Å²) in [5.74, 6) is 0.492. The van der Waals surface area contributed by atoms with Crippen LogP contribution < -0.4 is 15.8 Å². The summed E-state index contributed by atoms with van der Waals surface area (Å²) < 4.78 is 5.82. The van der Waals surface area contributed by atoms with Crippen LogP contribution in [-0.2, 0) is 0 Å². The lowest BCUT2D eigenvalue weighted by Crippen LogP contribution is -2.10. The van der Waals surface area contributed by atoms with Crippen LogP contribution in [0.2, 0.25) is 0 Å². The molecule has 3 N–H and O–H groups in total. The van der Waals surface area contributed by atoms with Crippen LogP contribution in [0.4, 0.5) is 11.4 Å². The third-order valence-electron chi connectivity index (χ3n) is 2.27. The van der Waals surface area contributed by atoms with Crippen LogP contribution in [0.5, 0.6) is 5.75 Å². The van der Waals surface area contributed by atoms with Gasteiger partial charge < -0.3 is 15.8 Å². The molecule has 0 aliphatic heterocycles. The highest BCUT2D eigenvalue weighted by Crippen LogP contribution is 2.27. The molecule has 2 aromatic rings. The number of ether oxygens (including phenoxy) is 1. The number of hydrogen-bond donors (Lipinski definition) is 2. The number of halogens is 1. The van der Waals surface area contributed by atoms with Crippen molar-refractivity contribution >= 4 is 44.5 Å². The van der Waals surface area contributed by atoms with Crippen molar-refractivity contribution in [1.29, 1.82) is 0 Å². The molecule has 0 spiro atoms. The molecule has 0 unspecified atom stereocenters.